The first-order valence-electron chi connectivity index (χ1n) is 11.5. The van der Waals surface area contributed by atoms with Gasteiger partial charge in [0.15, 0.2) is 0 Å². The summed E-state index contributed by atoms with van der Waals surface area (Å²) in [5.74, 6) is -2.24. The third-order valence-electron chi connectivity index (χ3n) is 6.50. The van der Waals surface area contributed by atoms with Crippen LogP contribution in [0.3, 0.4) is 0 Å². The molecule has 0 aliphatic rings. The van der Waals surface area contributed by atoms with E-state index in [1.807, 2.05) is 27.7 Å². The number of halogens is 3. The molecule has 0 bridgehead atoms. The highest BCUT2D eigenvalue weighted by atomic mass is 19.1. The number of unbranched alkanes of at least 4 members (excludes halogenated alkanes) is 5. The predicted octanol–water partition coefficient (Wildman–Crippen LogP) is 7.84. The second kappa shape index (κ2) is 12.6. The van der Waals surface area contributed by atoms with Crippen LogP contribution in [-0.4, -0.2) is 10.7 Å². The smallest absolute Gasteiger partial charge is 0.132 e. The molecule has 0 fully saturated rings. The highest BCUT2D eigenvalue weighted by Gasteiger charge is 2.41. The maximum absolute atomic E-state index is 13.9. The Morgan fingerprint density at radius 1 is 0.793 bits per heavy atom. The molecule has 29 heavy (non-hydrogen) atoms. The van der Waals surface area contributed by atoms with Gasteiger partial charge in [0.25, 0.3) is 0 Å². The van der Waals surface area contributed by atoms with Gasteiger partial charge in [0.2, 0.25) is 0 Å². The van der Waals surface area contributed by atoms with E-state index in [0.717, 1.165) is 31.4 Å². The number of benzene rings is 1. The van der Waals surface area contributed by atoms with Gasteiger partial charge in [-0.2, -0.15) is 0 Å². The van der Waals surface area contributed by atoms with Crippen LogP contribution in [-0.2, 0) is 6.42 Å². The molecule has 1 aromatic carbocycles. The molecule has 4 heteroatoms. The monoisotopic (exact) mass is 414 g/mol. The molecular weight excluding hydrogens is 373 g/mol. The Morgan fingerprint density at radius 3 is 1.79 bits per heavy atom. The molecule has 1 rings (SSSR count). The molecule has 0 spiro atoms. The van der Waals surface area contributed by atoms with Gasteiger partial charge < -0.3 is 5.11 Å². The first kappa shape index (κ1) is 26.0. The summed E-state index contributed by atoms with van der Waals surface area (Å²) in [5, 5.41) is 11.5. The van der Waals surface area contributed by atoms with Gasteiger partial charge in [-0.25, -0.2) is 13.2 Å². The third kappa shape index (κ3) is 7.62. The van der Waals surface area contributed by atoms with Crippen molar-refractivity contribution in [3.8, 4) is 0 Å². The fraction of sp³-hybridized carbons (Fsp3) is 0.760. The van der Waals surface area contributed by atoms with Crippen LogP contribution in [0.4, 0.5) is 13.2 Å². The van der Waals surface area contributed by atoms with Gasteiger partial charge in [-0.3, -0.25) is 0 Å². The zero-order valence-electron chi connectivity index (χ0n) is 19.0. The molecule has 1 nitrogen and oxygen atoms in total. The average molecular weight is 415 g/mol. The van der Waals surface area contributed by atoms with Crippen LogP contribution in [0.15, 0.2) is 12.1 Å². The molecular formula is C25H41F3O. The normalized spacial score (nSPS) is 13.5. The van der Waals surface area contributed by atoms with Gasteiger partial charge in [-0.1, -0.05) is 73.1 Å². The minimum absolute atomic E-state index is 0.0534. The summed E-state index contributed by atoms with van der Waals surface area (Å²) >= 11 is 0. The largest absolute Gasteiger partial charge is 0.389 e. The van der Waals surface area contributed by atoms with E-state index in [-0.39, 0.29) is 29.7 Å². The Hall–Kier alpha value is -1.03. The van der Waals surface area contributed by atoms with Crippen molar-refractivity contribution < 1.29 is 18.3 Å². The Morgan fingerprint density at radius 2 is 1.28 bits per heavy atom. The number of rotatable bonds is 14. The number of hydrogen-bond acceptors (Lipinski definition) is 1. The molecule has 1 aromatic rings. The molecule has 0 saturated carbocycles. The van der Waals surface area contributed by atoms with E-state index in [1.165, 1.54) is 25.7 Å². The molecule has 1 N–H and O–H groups in total. The van der Waals surface area contributed by atoms with Crippen molar-refractivity contribution in [2.75, 3.05) is 0 Å². The molecule has 168 valence electrons. The topological polar surface area (TPSA) is 20.2 Å². The number of aliphatic hydroxyl groups is 1. The Balaban J connectivity index is 2.78. The summed E-state index contributed by atoms with van der Waals surface area (Å²) in [6, 6.07) is 1.48. The summed E-state index contributed by atoms with van der Waals surface area (Å²) < 4.78 is 41.0. The summed E-state index contributed by atoms with van der Waals surface area (Å²) in [6.45, 7) is 10.4. The second-order valence-electron chi connectivity index (χ2n) is 9.19. The van der Waals surface area contributed by atoms with E-state index in [1.54, 1.807) is 0 Å². The summed E-state index contributed by atoms with van der Waals surface area (Å²) in [4.78, 5) is 0. The van der Waals surface area contributed by atoms with Gasteiger partial charge in [-0.05, 0) is 43.4 Å². The fourth-order valence-electron chi connectivity index (χ4n) is 4.72. The highest BCUT2D eigenvalue weighted by molar-refractivity contribution is 5.21. The number of hydrogen-bond donors (Lipinski definition) is 1. The Kier molecular flexibility index (Phi) is 11.3. The zero-order chi connectivity index (χ0) is 22.0. The van der Waals surface area contributed by atoms with Crippen LogP contribution in [0.1, 0.15) is 98.0 Å². The zero-order valence-corrected chi connectivity index (χ0v) is 19.0. The molecule has 0 aliphatic heterocycles. The SMILES string of the molecule is CCCCCCCCC(CCCc1c(F)cc(F)cc1F)C(O)(C(C)C)C(C)C. The Bertz CT molecular complexity index is 567. The van der Waals surface area contributed by atoms with Crippen LogP contribution in [0.2, 0.25) is 0 Å². The fourth-order valence-corrected chi connectivity index (χ4v) is 4.72. The maximum Gasteiger partial charge on any atom is 0.132 e. The van der Waals surface area contributed by atoms with Crippen molar-refractivity contribution in [2.45, 2.75) is 104 Å². The summed E-state index contributed by atoms with van der Waals surface area (Å²) in [5.41, 5.74) is -0.856. The quantitative estimate of drug-likeness (QED) is 0.307. The highest BCUT2D eigenvalue weighted by Crippen LogP contribution is 2.39. The van der Waals surface area contributed by atoms with Crippen LogP contribution in [0.25, 0.3) is 0 Å². The average Bonchev–Trinajstić information content (AvgIpc) is 2.63. The maximum atomic E-state index is 13.9. The summed E-state index contributed by atoms with van der Waals surface area (Å²) in [7, 11) is 0. The standard InChI is InChI=1S/C25H41F3O/c1-6-7-8-9-10-11-13-20(25(29,18(2)3)19(4)5)14-12-15-22-23(27)16-21(26)17-24(22)28/h16-20,29H,6-15H2,1-5H3. The molecule has 1 unspecified atom stereocenters. The minimum atomic E-state index is -0.890. The van der Waals surface area contributed by atoms with E-state index in [0.29, 0.717) is 12.8 Å². The van der Waals surface area contributed by atoms with Gasteiger partial charge in [0, 0.05) is 17.7 Å². The third-order valence-corrected chi connectivity index (χ3v) is 6.50. The molecule has 0 aromatic heterocycles. The van der Waals surface area contributed by atoms with Gasteiger partial charge >= 0.3 is 0 Å². The van der Waals surface area contributed by atoms with Gasteiger partial charge in [-0.15, -0.1) is 0 Å². The van der Waals surface area contributed by atoms with Crippen molar-refractivity contribution >= 4 is 0 Å². The molecule has 0 saturated heterocycles. The van der Waals surface area contributed by atoms with E-state index in [2.05, 4.69) is 6.92 Å². The van der Waals surface area contributed by atoms with E-state index in [9.17, 15) is 18.3 Å². The summed E-state index contributed by atoms with van der Waals surface area (Å²) in [6.07, 6.45) is 9.60. The van der Waals surface area contributed by atoms with Crippen molar-refractivity contribution in [1.82, 2.24) is 0 Å². The molecule has 0 radical (unpaired) electrons. The van der Waals surface area contributed by atoms with Crippen LogP contribution < -0.4 is 0 Å². The second-order valence-corrected chi connectivity index (χ2v) is 9.19. The van der Waals surface area contributed by atoms with Crippen LogP contribution in [0, 0.1) is 35.2 Å². The molecule has 0 amide bonds. The Labute approximate surface area is 176 Å². The van der Waals surface area contributed by atoms with E-state index in [4.69, 9.17) is 0 Å². The minimum Gasteiger partial charge on any atom is -0.389 e. The van der Waals surface area contributed by atoms with Crippen LogP contribution in [0.5, 0.6) is 0 Å². The van der Waals surface area contributed by atoms with Crippen molar-refractivity contribution in [1.29, 1.82) is 0 Å². The lowest BCUT2D eigenvalue weighted by Gasteiger charge is -2.43. The first-order valence-corrected chi connectivity index (χ1v) is 11.5. The van der Waals surface area contributed by atoms with Crippen molar-refractivity contribution in [2.24, 2.45) is 17.8 Å². The van der Waals surface area contributed by atoms with Crippen LogP contribution >= 0.6 is 0 Å². The lowest BCUT2D eigenvalue weighted by Crippen LogP contribution is -2.48. The molecule has 0 aliphatic carbocycles. The van der Waals surface area contributed by atoms with E-state index < -0.39 is 23.1 Å². The molecule has 0 heterocycles. The lowest BCUT2D eigenvalue weighted by molar-refractivity contribution is -0.102. The van der Waals surface area contributed by atoms with Gasteiger partial charge in [0.05, 0.1) is 5.60 Å². The van der Waals surface area contributed by atoms with E-state index >= 15 is 0 Å². The first-order chi connectivity index (χ1) is 13.6. The van der Waals surface area contributed by atoms with Crippen molar-refractivity contribution in [3.63, 3.8) is 0 Å². The van der Waals surface area contributed by atoms with Crippen molar-refractivity contribution in [3.05, 3.63) is 35.1 Å². The van der Waals surface area contributed by atoms with Gasteiger partial charge in [0.1, 0.15) is 17.5 Å². The molecule has 1 atom stereocenters. The lowest BCUT2D eigenvalue weighted by atomic mass is 9.68. The predicted molar refractivity (Wildman–Crippen MR) is 115 cm³/mol.